The third-order valence-corrected chi connectivity index (χ3v) is 5.19. The smallest absolute Gasteiger partial charge is 0.118 e. The molecule has 1 aliphatic heterocycles. The van der Waals surface area contributed by atoms with Crippen LogP contribution in [0.4, 0.5) is 0 Å². The Morgan fingerprint density at radius 3 is 2.62 bits per heavy atom. The topological polar surface area (TPSA) is 24.8 Å². The van der Waals surface area contributed by atoms with Gasteiger partial charge in [0.2, 0.25) is 0 Å². The SMILES string of the molecule is CC(C)CCC(/C=C/c1ccc(Br)cc1)=N\OCCCN1CCCCC1. The Balaban J connectivity index is 1.80. The van der Waals surface area contributed by atoms with Gasteiger partial charge < -0.3 is 9.74 Å². The van der Waals surface area contributed by atoms with E-state index in [-0.39, 0.29) is 0 Å². The molecular weight excluding hydrogens is 388 g/mol. The molecule has 1 fully saturated rings. The molecule has 0 atom stereocenters. The van der Waals surface area contributed by atoms with E-state index in [2.05, 4.69) is 76.3 Å². The summed E-state index contributed by atoms with van der Waals surface area (Å²) in [5.41, 5.74) is 2.20. The van der Waals surface area contributed by atoms with Gasteiger partial charge in [-0.15, -0.1) is 0 Å². The van der Waals surface area contributed by atoms with E-state index < -0.39 is 0 Å². The zero-order valence-electron chi connectivity index (χ0n) is 16.3. The maximum Gasteiger partial charge on any atom is 0.118 e. The molecule has 1 heterocycles. The molecule has 1 aromatic carbocycles. The zero-order chi connectivity index (χ0) is 18.6. The van der Waals surface area contributed by atoms with Gasteiger partial charge in [-0.25, -0.2) is 0 Å². The molecule has 2 rings (SSSR count). The van der Waals surface area contributed by atoms with Gasteiger partial charge in [-0.05, 0) is 74.9 Å². The molecule has 0 amide bonds. The van der Waals surface area contributed by atoms with Gasteiger partial charge in [-0.3, -0.25) is 0 Å². The molecule has 0 bridgehead atoms. The van der Waals surface area contributed by atoms with Gasteiger partial charge in [0, 0.05) is 11.0 Å². The van der Waals surface area contributed by atoms with Crippen LogP contribution in [0.2, 0.25) is 0 Å². The van der Waals surface area contributed by atoms with Gasteiger partial charge in [0.1, 0.15) is 6.61 Å². The number of benzene rings is 1. The first-order valence-corrected chi connectivity index (χ1v) is 10.8. The summed E-state index contributed by atoms with van der Waals surface area (Å²) >= 11 is 3.47. The lowest BCUT2D eigenvalue weighted by molar-refractivity contribution is 0.124. The van der Waals surface area contributed by atoms with Crippen molar-refractivity contribution in [2.24, 2.45) is 11.1 Å². The molecule has 0 unspecified atom stereocenters. The Labute approximate surface area is 167 Å². The van der Waals surface area contributed by atoms with Crippen molar-refractivity contribution in [3.05, 3.63) is 40.4 Å². The van der Waals surface area contributed by atoms with Crippen LogP contribution in [0.1, 0.15) is 57.9 Å². The molecular formula is C22H33BrN2O. The summed E-state index contributed by atoms with van der Waals surface area (Å²) in [6.45, 7) is 8.82. The molecule has 0 radical (unpaired) electrons. The van der Waals surface area contributed by atoms with E-state index in [1.807, 2.05) is 0 Å². The number of hydrogen-bond donors (Lipinski definition) is 0. The van der Waals surface area contributed by atoms with Gasteiger partial charge in [0.15, 0.2) is 0 Å². The predicted molar refractivity (Wildman–Crippen MR) is 116 cm³/mol. The first-order chi connectivity index (χ1) is 12.6. The van der Waals surface area contributed by atoms with Gasteiger partial charge in [0.25, 0.3) is 0 Å². The van der Waals surface area contributed by atoms with Crippen molar-refractivity contribution in [3.8, 4) is 0 Å². The fourth-order valence-electron chi connectivity index (χ4n) is 3.03. The van der Waals surface area contributed by atoms with Crippen LogP contribution < -0.4 is 0 Å². The van der Waals surface area contributed by atoms with Crippen LogP contribution in [0.5, 0.6) is 0 Å². The number of rotatable bonds is 10. The van der Waals surface area contributed by atoms with Crippen LogP contribution in [0, 0.1) is 5.92 Å². The number of likely N-dealkylation sites (tertiary alicyclic amines) is 1. The summed E-state index contributed by atoms with van der Waals surface area (Å²) in [6.07, 6.45) is 11.4. The molecule has 1 aliphatic rings. The summed E-state index contributed by atoms with van der Waals surface area (Å²) in [5, 5.41) is 4.41. The lowest BCUT2D eigenvalue weighted by Gasteiger charge is -2.25. The van der Waals surface area contributed by atoms with Gasteiger partial charge in [-0.1, -0.05) is 59.6 Å². The summed E-state index contributed by atoms with van der Waals surface area (Å²) in [5.74, 6) is 0.667. The predicted octanol–water partition coefficient (Wildman–Crippen LogP) is 6.15. The van der Waals surface area contributed by atoms with Crippen LogP contribution in [0.15, 0.2) is 40.0 Å². The first-order valence-electron chi connectivity index (χ1n) is 9.98. The third-order valence-electron chi connectivity index (χ3n) is 4.66. The molecule has 26 heavy (non-hydrogen) atoms. The highest BCUT2D eigenvalue weighted by Crippen LogP contribution is 2.13. The third kappa shape index (κ3) is 9.00. The quantitative estimate of drug-likeness (QED) is 0.257. The fraction of sp³-hybridized carbons (Fsp3) is 0.591. The molecule has 4 heteroatoms. The number of halogens is 1. The van der Waals surface area contributed by atoms with Crippen LogP contribution in [-0.2, 0) is 4.84 Å². The van der Waals surface area contributed by atoms with E-state index >= 15 is 0 Å². The molecule has 1 aromatic rings. The van der Waals surface area contributed by atoms with Crippen molar-refractivity contribution in [2.45, 2.75) is 52.4 Å². The highest BCUT2D eigenvalue weighted by Gasteiger charge is 2.09. The number of nitrogens with zero attached hydrogens (tertiary/aromatic N) is 2. The second-order valence-electron chi connectivity index (χ2n) is 7.49. The highest BCUT2D eigenvalue weighted by molar-refractivity contribution is 9.10. The Kier molecular flexibility index (Phi) is 10.0. The van der Waals surface area contributed by atoms with E-state index in [9.17, 15) is 0 Å². The highest BCUT2D eigenvalue weighted by atomic mass is 79.9. The Morgan fingerprint density at radius 1 is 1.19 bits per heavy atom. The van der Waals surface area contributed by atoms with Crippen LogP contribution in [0.25, 0.3) is 6.08 Å². The molecule has 0 N–H and O–H groups in total. The fourth-order valence-corrected chi connectivity index (χ4v) is 3.29. The summed E-state index contributed by atoms with van der Waals surface area (Å²) in [6, 6.07) is 8.31. The van der Waals surface area contributed by atoms with Gasteiger partial charge >= 0.3 is 0 Å². The van der Waals surface area contributed by atoms with Crippen LogP contribution in [0.3, 0.4) is 0 Å². The van der Waals surface area contributed by atoms with Crippen molar-refractivity contribution in [3.63, 3.8) is 0 Å². The van der Waals surface area contributed by atoms with Gasteiger partial charge in [0.05, 0.1) is 5.71 Å². The number of allylic oxidation sites excluding steroid dienone is 1. The summed E-state index contributed by atoms with van der Waals surface area (Å²) in [4.78, 5) is 8.17. The first kappa shape index (κ1) is 21.2. The Hall–Kier alpha value is -1.13. The summed E-state index contributed by atoms with van der Waals surface area (Å²) in [7, 11) is 0. The number of piperidine rings is 1. The molecule has 3 nitrogen and oxygen atoms in total. The monoisotopic (exact) mass is 420 g/mol. The minimum atomic E-state index is 0.667. The van der Waals surface area contributed by atoms with Gasteiger partial charge in [-0.2, -0.15) is 0 Å². The van der Waals surface area contributed by atoms with Crippen LogP contribution >= 0.6 is 15.9 Å². The lowest BCUT2D eigenvalue weighted by Crippen LogP contribution is -2.31. The summed E-state index contributed by atoms with van der Waals surface area (Å²) < 4.78 is 1.10. The molecule has 0 aliphatic carbocycles. The lowest BCUT2D eigenvalue weighted by atomic mass is 10.0. The molecule has 0 aromatic heterocycles. The Bertz CT molecular complexity index is 560. The van der Waals surface area contributed by atoms with E-state index in [4.69, 9.17) is 4.84 Å². The molecule has 0 spiro atoms. The zero-order valence-corrected chi connectivity index (χ0v) is 17.9. The second-order valence-corrected chi connectivity index (χ2v) is 8.40. The average molecular weight is 421 g/mol. The number of oxime groups is 1. The minimum Gasteiger partial charge on any atom is -0.396 e. The average Bonchev–Trinajstić information content (AvgIpc) is 2.65. The second kappa shape index (κ2) is 12.3. The number of hydrogen-bond acceptors (Lipinski definition) is 3. The maximum absolute atomic E-state index is 5.63. The Morgan fingerprint density at radius 2 is 1.92 bits per heavy atom. The van der Waals surface area contributed by atoms with E-state index in [1.165, 1.54) is 37.9 Å². The van der Waals surface area contributed by atoms with Crippen molar-refractivity contribution >= 4 is 27.7 Å². The molecule has 144 valence electrons. The van der Waals surface area contributed by atoms with Crippen LogP contribution in [-0.4, -0.2) is 36.9 Å². The van der Waals surface area contributed by atoms with Crippen molar-refractivity contribution in [2.75, 3.05) is 26.2 Å². The molecule has 0 saturated carbocycles. The van der Waals surface area contributed by atoms with E-state index in [0.29, 0.717) is 12.5 Å². The maximum atomic E-state index is 5.63. The van der Waals surface area contributed by atoms with Crippen molar-refractivity contribution in [1.82, 2.24) is 4.90 Å². The largest absolute Gasteiger partial charge is 0.396 e. The van der Waals surface area contributed by atoms with Crippen molar-refractivity contribution in [1.29, 1.82) is 0 Å². The van der Waals surface area contributed by atoms with E-state index in [1.54, 1.807) is 0 Å². The van der Waals surface area contributed by atoms with Crippen molar-refractivity contribution < 1.29 is 4.84 Å². The normalized spacial score (nSPS) is 16.5. The molecule has 1 saturated heterocycles. The standard InChI is InChI=1S/C22H33BrN2O/c1-19(2)7-13-22(14-10-20-8-11-21(23)12-9-20)24-26-18-6-17-25-15-4-3-5-16-25/h8-12,14,19H,3-7,13,15-18H2,1-2H3/b14-10+,24-22+. The minimum absolute atomic E-state index is 0.667. The van der Waals surface area contributed by atoms with E-state index in [0.717, 1.165) is 36.0 Å².